The van der Waals surface area contributed by atoms with Crippen LogP contribution in [0.3, 0.4) is 0 Å². The van der Waals surface area contributed by atoms with Gasteiger partial charge in [-0.25, -0.2) is 9.59 Å². The minimum absolute atomic E-state index is 0.340. The van der Waals surface area contributed by atoms with Gasteiger partial charge in [0, 0.05) is 12.0 Å². The summed E-state index contributed by atoms with van der Waals surface area (Å²) < 4.78 is 53.3. The van der Waals surface area contributed by atoms with Gasteiger partial charge >= 0.3 is 18.1 Å². The minimum atomic E-state index is -4.37. The van der Waals surface area contributed by atoms with E-state index in [1.54, 1.807) is 6.92 Å². The number of carbonyl (C=O) groups excluding carboxylic acids is 2. The highest BCUT2D eigenvalue weighted by atomic mass is 19.4. The van der Waals surface area contributed by atoms with E-state index in [4.69, 9.17) is 14.2 Å². The summed E-state index contributed by atoms with van der Waals surface area (Å²) in [5, 5.41) is 0. The number of halogens is 3. The fraction of sp³-hybridized carbons (Fsp3) is 0.800. The second-order valence-corrected chi connectivity index (χ2v) is 8.79. The van der Waals surface area contributed by atoms with Crippen LogP contribution in [-0.2, 0) is 23.8 Å². The van der Waals surface area contributed by atoms with Gasteiger partial charge in [-0.2, -0.15) is 13.2 Å². The first kappa shape index (κ1) is 21.1. The molecule has 4 rings (SSSR count). The maximum Gasteiger partial charge on any atom is 0.392 e. The number of carbonyl (C=O) groups is 2. The van der Waals surface area contributed by atoms with E-state index in [0.29, 0.717) is 23.8 Å². The Bertz CT molecular complexity index is 643. The summed E-state index contributed by atoms with van der Waals surface area (Å²) in [5.41, 5.74) is -0.880. The summed E-state index contributed by atoms with van der Waals surface area (Å²) in [6, 6.07) is 0. The van der Waals surface area contributed by atoms with E-state index in [0.717, 1.165) is 32.1 Å². The first-order valence-electron chi connectivity index (χ1n) is 9.71. The van der Waals surface area contributed by atoms with Gasteiger partial charge in [-0.15, -0.1) is 0 Å². The molecule has 0 amide bonds. The van der Waals surface area contributed by atoms with Crippen molar-refractivity contribution in [3.63, 3.8) is 0 Å². The lowest BCUT2D eigenvalue weighted by molar-refractivity contribution is -0.245. The van der Waals surface area contributed by atoms with E-state index in [-0.39, 0.29) is 0 Å². The highest BCUT2D eigenvalue weighted by Crippen LogP contribution is 2.60. The van der Waals surface area contributed by atoms with Gasteiger partial charge in [0.1, 0.15) is 12.2 Å². The highest BCUT2D eigenvalue weighted by Gasteiger charge is 2.61. The van der Waals surface area contributed by atoms with Crippen molar-refractivity contribution in [1.82, 2.24) is 0 Å². The Morgan fingerprint density at radius 1 is 1.14 bits per heavy atom. The summed E-state index contributed by atoms with van der Waals surface area (Å²) in [7, 11) is 0. The molecular weight excluding hydrogens is 377 g/mol. The molecule has 5 nitrogen and oxygen atoms in total. The lowest BCUT2D eigenvalue weighted by Gasteiger charge is -2.61. The SMILES string of the molecule is C=C(C)C(=O)OC12CC3CC(C1)CC(OC(C)C(=O)OCCC(F)(F)F)(C3)C2. The van der Waals surface area contributed by atoms with Crippen molar-refractivity contribution in [3.8, 4) is 0 Å². The van der Waals surface area contributed by atoms with Gasteiger partial charge in [0.25, 0.3) is 0 Å². The van der Waals surface area contributed by atoms with E-state index in [9.17, 15) is 22.8 Å². The Hall–Kier alpha value is -1.57. The molecule has 0 N–H and O–H groups in total. The molecule has 0 radical (unpaired) electrons. The zero-order valence-electron chi connectivity index (χ0n) is 16.3. The molecule has 0 aromatic rings. The molecule has 28 heavy (non-hydrogen) atoms. The Morgan fingerprint density at radius 3 is 2.25 bits per heavy atom. The lowest BCUT2D eigenvalue weighted by Crippen LogP contribution is -2.62. The van der Waals surface area contributed by atoms with Crippen molar-refractivity contribution >= 4 is 11.9 Å². The molecule has 0 aliphatic heterocycles. The van der Waals surface area contributed by atoms with Gasteiger partial charge in [0.2, 0.25) is 0 Å². The zero-order valence-corrected chi connectivity index (χ0v) is 16.3. The number of hydrogen-bond donors (Lipinski definition) is 0. The average Bonchev–Trinajstić information content (AvgIpc) is 2.51. The number of hydrogen-bond acceptors (Lipinski definition) is 5. The number of ether oxygens (including phenoxy) is 3. The maximum absolute atomic E-state index is 12.2. The third kappa shape index (κ3) is 4.70. The van der Waals surface area contributed by atoms with Crippen LogP contribution >= 0.6 is 0 Å². The summed E-state index contributed by atoms with van der Waals surface area (Å²) in [6.07, 6.45) is -1.92. The van der Waals surface area contributed by atoms with Crippen LogP contribution in [0.5, 0.6) is 0 Å². The van der Waals surface area contributed by atoms with Crippen LogP contribution in [0.15, 0.2) is 12.2 Å². The normalized spacial score (nSPS) is 34.8. The second-order valence-electron chi connectivity index (χ2n) is 8.79. The van der Waals surface area contributed by atoms with E-state index in [1.807, 2.05) is 0 Å². The third-order valence-corrected chi connectivity index (χ3v) is 6.00. The average molecular weight is 404 g/mol. The van der Waals surface area contributed by atoms with E-state index >= 15 is 0 Å². The van der Waals surface area contributed by atoms with Gasteiger partial charge in [-0.1, -0.05) is 6.58 Å². The van der Waals surface area contributed by atoms with Crippen molar-refractivity contribution in [1.29, 1.82) is 0 Å². The Kier molecular flexibility index (Phi) is 5.55. The fourth-order valence-electron chi connectivity index (χ4n) is 5.44. The van der Waals surface area contributed by atoms with Crippen LogP contribution in [0, 0.1) is 11.8 Å². The lowest BCUT2D eigenvalue weighted by atomic mass is 9.52. The molecule has 158 valence electrons. The van der Waals surface area contributed by atoms with Gasteiger partial charge in [0.05, 0.1) is 12.0 Å². The molecule has 0 aromatic carbocycles. The van der Waals surface area contributed by atoms with Crippen molar-refractivity contribution in [2.24, 2.45) is 11.8 Å². The van der Waals surface area contributed by atoms with Gasteiger partial charge in [-0.05, 0) is 57.8 Å². The molecule has 4 bridgehead atoms. The van der Waals surface area contributed by atoms with E-state index in [1.165, 1.54) is 6.92 Å². The zero-order chi connectivity index (χ0) is 20.7. The predicted octanol–water partition coefficient (Wildman–Crippen LogP) is 4.10. The number of esters is 2. The number of alkyl halides is 3. The maximum atomic E-state index is 12.2. The molecule has 3 atom stereocenters. The summed E-state index contributed by atoms with van der Waals surface area (Å²) >= 11 is 0. The topological polar surface area (TPSA) is 61.8 Å². The van der Waals surface area contributed by atoms with Gasteiger partial charge < -0.3 is 14.2 Å². The van der Waals surface area contributed by atoms with Crippen molar-refractivity contribution in [2.45, 2.75) is 82.3 Å². The minimum Gasteiger partial charge on any atom is -0.463 e. The molecule has 0 heterocycles. The van der Waals surface area contributed by atoms with Gasteiger partial charge in [-0.3, -0.25) is 0 Å². The quantitative estimate of drug-likeness (QED) is 0.472. The van der Waals surface area contributed by atoms with Crippen LogP contribution in [0.4, 0.5) is 13.2 Å². The first-order valence-corrected chi connectivity index (χ1v) is 9.71. The second kappa shape index (κ2) is 7.35. The molecular formula is C20H27F3O5. The molecule has 4 saturated carbocycles. The molecule has 0 spiro atoms. The predicted molar refractivity (Wildman–Crippen MR) is 93.2 cm³/mol. The first-order chi connectivity index (χ1) is 12.9. The van der Waals surface area contributed by atoms with E-state index < -0.39 is 48.4 Å². The van der Waals surface area contributed by atoms with Crippen molar-refractivity contribution < 1.29 is 37.0 Å². The van der Waals surface area contributed by atoms with Crippen LogP contribution in [0.1, 0.15) is 58.8 Å². The summed E-state index contributed by atoms with van der Waals surface area (Å²) in [4.78, 5) is 24.2. The van der Waals surface area contributed by atoms with Crippen molar-refractivity contribution in [3.05, 3.63) is 12.2 Å². The highest BCUT2D eigenvalue weighted by molar-refractivity contribution is 5.87. The molecule has 4 aliphatic carbocycles. The molecule has 0 saturated heterocycles. The van der Waals surface area contributed by atoms with Gasteiger partial charge in [0.15, 0.2) is 6.10 Å². The summed E-state index contributed by atoms with van der Waals surface area (Å²) in [6.45, 7) is 6.03. The Labute approximate surface area is 162 Å². The number of rotatable bonds is 7. The molecule has 0 aromatic heterocycles. The monoisotopic (exact) mass is 404 g/mol. The Morgan fingerprint density at radius 2 is 1.71 bits per heavy atom. The van der Waals surface area contributed by atoms with Crippen molar-refractivity contribution in [2.75, 3.05) is 6.61 Å². The third-order valence-electron chi connectivity index (χ3n) is 6.00. The molecule has 4 fully saturated rings. The van der Waals surface area contributed by atoms with Crippen LogP contribution in [-0.4, -0.2) is 42.0 Å². The fourth-order valence-corrected chi connectivity index (χ4v) is 5.44. The van der Waals surface area contributed by atoms with Crippen LogP contribution in [0.2, 0.25) is 0 Å². The summed E-state index contributed by atoms with van der Waals surface area (Å²) in [5.74, 6) is -0.537. The van der Waals surface area contributed by atoms with Crippen LogP contribution < -0.4 is 0 Å². The molecule has 8 heteroatoms. The van der Waals surface area contributed by atoms with Crippen LogP contribution in [0.25, 0.3) is 0 Å². The van der Waals surface area contributed by atoms with E-state index in [2.05, 4.69) is 6.58 Å². The largest absolute Gasteiger partial charge is 0.463 e. The Balaban J connectivity index is 1.64. The molecule has 4 aliphatic rings. The molecule has 3 unspecified atom stereocenters. The standard InChI is InChI=1S/C20H27F3O5/c1-12(2)16(24)28-19-9-14-6-15(10-19)8-18(7-14,11-19)27-13(3)17(25)26-5-4-20(21,22)23/h13-15H,1,4-11H2,2-3H3. The smallest absolute Gasteiger partial charge is 0.392 e.